The molecule has 2 aromatic carbocycles. The molecule has 0 saturated carbocycles. The number of nitrogens with one attached hydrogen (secondary N) is 1. The van der Waals surface area contributed by atoms with Gasteiger partial charge in [-0.25, -0.2) is 4.79 Å². The second kappa shape index (κ2) is 10.2. The quantitative estimate of drug-likeness (QED) is 0.666. The molecule has 2 rings (SSSR count). The fourth-order valence-corrected chi connectivity index (χ4v) is 2.44. The van der Waals surface area contributed by atoms with Gasteiger partial charge in [0.15, 0.2) is 18.1 Å². The summed E-state index contributed by atoms with van der Waals surface area (Å²) in [7, 11) is 3.82. The van der Waals surface area contributed by atoms with Crippen LogP contribution in [0.4, 0.5) is 11.4 Å². The number of amides is 1. The summed E-state index contributed by atoms with van der Waals surface area (Å²) in [5.41, 5.74) is 1.89. The van der Waals surface area contributed by atoms with Crippen LogP contribution in [0, 0.1) is 0 Å². The Morgan fingerprint density at radius 3 is 2.18 bits per heavy atom. The molecule has 0 radical (unpaired) electrons. The van der Waals surface area contributed by atoms with Crippen LogP contribution in [0.1, 0.15) is 24.2 Å². The zero-order valence-corrected chi connectivity index (χ0v) is 16.7. The number of benzene rings is 2. The summed E-state index contributed by atoms with van der Waals surface area (Å²) in [6, 6.07) is 12.0. The molecule has 0 spiro atoms. The molecule has 7 nitrogen and oxygen atoms in total. The Hall–Kier alpha value is -3.22. The molecule has 0 aliphatic heterocycles. The van der Waals surface area contributed by atoms with Crippen LogP contribution in [-0.4, -0.2) is 45.8 Å². The number of esters is 1. The molecule has 0 unspecified atom stereocenters. The van der Waals surface area contributed by atoms with E-state index in [-0.39, 0.29) is 6.61 Å². The lowest BCUT2D eigenvalue weighted by Crippen LogP contribution is -2.21. The number of hydrogen-bond acceptors (Lipinski definition) is 6. The van der Waals surface area contributed by atoms with Crippen LogP contribution >= 0.6 is 0 Å². The van der Waals surface area contributed by atoms with E-state index < -0.39 is 11.9 Å². The topological polar surface area (TPSA) is 77.1 Å². The Bertz CT molecular complexity index is 803. The lowest BCUT2D eigenvalue weighted by atomic mass is 10.2. The monoisotopic (exact) mass is 386 g/mol. The summed E-state index contributed by atoms with van der Waals surface area (Å²) in [6.45, 7) is 4.35. The van der Waals surface area contributed by atoms with Crippen LogP contribution in [0.3, 0.4) is 0 Å². The van der Waals surface area contributed by atoms with E-state index in [1.165, 1.54) is 0 Å². The van der Waals surface area contributed by atoms with Crippen molar-refractivity contribution >= 4 is 23.3 Å². The van der Waals surface area contributed by atoms with Crippen LogP contribution in [0.15, 0.2) is 42.5 Å². The van der Waals surface area contributed by atoms with Gasteiger partial charge >= 0.3 is 5.97 Å². The Labute approximate surface area is 165 Å². The number of ether oxygens (including phenoxy) is 3. The fourth-order valence-electron chi connectivity index (χ4n) is 2.44. The summed E-state index contributed by atoms with van der Waals surface area (Å²) < 4.78 is 16.1. The third kappa shape index (κ3) is 5.90. The number of anilines is 2. The molecule has 0 aliphatic carbocycles. The van der Waals surface area contributed by atoms with E-state index in [4.69, 9.17) is 14.2 Å². The van der Waals surface area contributed by atoms with E-state index in [2.05, 4.69) is 5.32 Å². The molecular formula is C21H26N2O5. The maximum absolute atomic E-state index is 12.1. The van der Waals surface area contributed by atoms with Crippen molar-refractivity contribution in [2.24, 2.45) is 0 Å². The van der Waals surface area contributed by atoms with Gasteiger partial charge in [-0.3, -0.25) is 4.79 Å². The molecule has 1 N–H and O–H groups in total. The van der Waals surface area contributed by atoms with Crippen LogP contribution in [-0.2, 0) is 9.53 Å². The summed E-state index contributed by atoms with van der Waals surface area (Å²) in [6.07, 6.45) is 0. The standard InChI is InChI=1S/C21H26N2O5/c1-5-26-18-12-9-16(13-19(18)27-6-2)22-20(24)14-28-21(25)15-7-10-17(11-8-15)23(3)4/h7-13H,5-6,14H2,1-4H3,(H,22,24). The Morgan fingerprint density at radius 1 is 0.929 bits per heavy atom. The SMILES string of the molecule is CCOc1ccc(NC(=O)COC(=O)c2ccc(N(C)C)cc2)cc1OCC. The second-order valence-electron chi connectivity index (χ2n) is 6.09. The van der Waals surface area contributed by atoms with E-state index >= 15 is 0 Å². The van der Waals surface area contributed by atoms with Gasteiger partial charge in [0.1, 0.15) is 0 Å². The molecule has 0 aliphatic rings. The molecule has 0 bridgehead atoms. The first-order chi connectivity index (χ1) is 13.4. The molecule has 0 atom stereocenters. The third-order valence-electron chi connectivity index (χ3n) is 3.78. The van der Waals surface area contributed by atoms with Gasteiger partial charge in [-0.05, 0) is 50.2 Å². The minimum absolute atomic E-state index is 0.383. The highest BCUT2D eigenvalue weighted by atomic mass is 16.5. The van der Waals surface area contributed by atoms with Gasteiger partial charge in [0.2, 0.25) is 0 Å². The average Bonchev–Trinajstić information content (AvgIpc) is 2.68. The molecule has 150 valence electrons. The highest BCUT2D eigenvalue weighted by Crippen LogP contribution is 2.30. The minimum atomic E-state index is -0.554. The predicted molar refractivity (Wildman–Crippen MR) is 108 cm³/mol. The van der Waals surface area contributed by atoms with E-state index in [9.17, 15) is 9.59 Å². The van der Waals surface area contributed by atoms with Gasteiger partial charge < -0.3 is 24.4 Å². The van der Waals surface area contributed by atoms with Crippen molar-refractivity contribution in [2.75, 3.05) is 44.1 Å². The zero-order valence-electron chi connectivity index (χ0n) is 16.7. The number of rotatable bonds is 9. The van der Waals surface area contributed by atoms with Crippen molar-refractivity contribution in [1.82, 2.24) is 0 Å². The smallest absolute Gasteiger partial charge is 0.338 e. The first-order valence-electron chi connectivity index (χ1n) is 9.08. The first-order valence-corrected chi connectivity index (χ1v) is 9.08. The molecule has 7 heteroatoms. The van der Waals surface area contributed by atoms with Crippen LogP contribution < -0.4 is 19.7 Å². The maximum Gasteiger partial charge on any atom is 0.338 e. The molecule has 0 fully saturated rings. The van der Waals surface area contributed by atoms with Crippen LogP contribution in [0.5, 0.6) is 11.5 Å². The van der Waals surface area contributed by atoms with Crippen LogP contribution in [0.2, 0.25) is 0 Å². The van der Waals surface area contributed by atoms with Gasteiger partial charge in [0.25, 0.3) is 5.91 Å². The van der Waals surface area contributed by atoms with Crippen molar-refractivity contribution in [3.8, 4) is 11.5 Å². The average molecular weight is 386 g/mol. The minimum Gasteiger partial charge on any atom is -0.490 e. The van der Waals surface area contributed by atoms with E-state index in [0.717, 1.165) is 5.69 Å². The van der Waals surface area contributed by atoms with Gasteiger partial charge in [-0.15, -0.1) is 0 Å². The third-order valence-corrected chi connectivity index (χ3v) is 3.78. The molecule has 28 heavy (non-hydrogen) atoms. The van der Waals surface area contributed by atoms with Crippen LogP contribution in [0.25, 0.3) is 0 Å². The summed E-state index contributed by atoms with van der Waals surface area (Å²) in [5, 5.41) is 2.68. The molecule has 0 heterocycles. The van der Waals surface area contributed by atoms with Crippen molar-refractivity contribution < 1.29 is 23.8 Å². The van der Waals surface area contributed by atoms with Gasteiger partial charge in [0.05, 0.1) is 18.8 Å². The normalized spacial score (nSPS) is 10.1. The summed E-state index contributed by atoms with van der Waals surface area (Å²) in [5.74, 6) is 0.155. The Balaban J connectivity index is 1.92. The first kappa shape index (κ1) is 21.1. The predicted octanol–water partition coefficient (Wildman–Crippen LogP) is 3.35. The van der Waals surface area contributed by atoms with Gasteiger partial charge in [-0.1, -0.05) is 0 Å². The van der Waals surface area contributed by atoms with Crippen molar-refractivity contribution in [1.29, 1.82) is 0 Å². The number of carbonyl (C=O) groups is 2. The fraction of sp³-hybridized carbons (Fsp3) is 0.333. The van der Waals surface area contributed by atoms with Crippen molar-refractivity contribution in [3.63, 3.8) is 0 Å². The van der Waals surface area contributed by atoms with Crippen molar-refractivity contribution in [2.45, 2.75) is 13.8 Å². The molecule has 0 aromatic heterocycles. The van der Waals surface area contributed by atoms with E-state index in [1.54, 1.807) is 30.3 Å². The van der Waals surface area contributed by atoms with Crippen molar-refractivity contribution in [3.05, 3.63) is 48.0 Å². The highest BCUT2D eigenvalue weighted by Gasteiger charge is 2.12. The lowest BCUT2D eigenvalue weighted by Gasteiger charge is -2.13. The molecule has 2 aromatic rings. The number of nitrogens with zero attached hydrogens (tertiary/aromatic N) is 1. The second-order valence-corrected chi connectivity index (χ2v) is 6.09. The highest BCUT2D eigenvalue weighted by molar-refractivity contribution is 5.95. The number of carbonyl (C=O) groups excluding carboxylic acids is 2. The van der Waals surface area contributed by atoms with Gasteiger partial charge in [-0.2, -0.15) is 0 Å². The zero-order chi connectivity index (χ0) is 20.5. The molecular weight excluding hydrogens is 360 g/mol. The van der Waals surface area contributed by atoms with E-state index in [0.29, 0.717) is 36.0 Å². The lowest BCUT2D eigenvalue weighted by molar-refractivity contribution is -0.119. The molecule has 1 amide bonds. The largest absolute Gasteiger partial charge is 0.490 e. The number of hydrogen-bond donors (Lipinski definition) is 1. The summed E-state index contributed by atoms with van der Waals surface area (Å²) in [4.78, 5) is 26.1. The van der Waals surface area contributed by atoms with Gasteiger partial charge in [0, 0.05) is 31.5 Å². The molecule has 0 saturated heterocycles. The van der Waals surface area contributed by atoms with E-state index in [1.807, 2.05) is 45.0 Å². The maximum atomic E-state index is 12.1. The Morgan fingerprint density at radius 2 is 1.57 bits per heavy atom. The Kier molecular flexibility index (Phi) is 7.68. The summed E-state index contributed by atoms with van der Waals surface area (Å²) >= 11 is 0.